The lowest BCUT2D eigenvalue weighted by atomic mass is 10.2. The molecule has 1 rings (SSSR count). The summed E-state index contributed by atoms with van der Waals surface area (Å²) in [6.07, 6.45) is 1.19. The minimum atomic E-state index is -1.04. The van der Waals surface area contributed by atoms with E-state index in [9.17, 15) is 9.18 Å². The topological polar surface area (TPSA) is 63.3 Å². The van der Waals surface area contributed by atoms with Crippen LogP contribution in [-0.2, 0) is 11.5 Å². The Bertz CT molecular complexity index is 284. The number of nitrogens with zero attached hydrogens (tertiary/aromatic N) is 1. The van der Waals surface area contributed by atoms with Crippen LogP contribution in [0.2, 0.25) is 0 Å². The van der Waals surface area contributed by atoms with E-state index < -0.39 is 18.6 Å². The van der Waals surface area contributed by atoms with Crippen LogP contribution in [0.15, 0.2) is 10.6 Å². The maximum Gasteiger partial charge on any atom is 0.315 e. The summed E-state index contributed by atoms with van der Waals surface area (Å²) in [6.45, 7) is 0.662. The van der Waals surface area contributed by atoms with Gasteiger partial charge >= 0.3 is 5.97 Å². The largest absolute Gasteiger partial charge is 0.481 e. The van der Waals surface area contributed by atoms with Gasteiger partial charge in [0.2, 0.25) is 5.89 Å². The summed E-state index contributed by atoms with van der Waals surface area (Å²) < 4.78 is 16.7. The average molecular weight is 173 g/mol. The summed E-state index contributed by atoms with van der Waals surface area (Å²) in [4.78, 5) is 14.0. The number of halogens is 1. The van der Waals surface area contributed by atoms with Crippen LogP contribution in [0.3, 0.4) is 0 Å². The average Bonchev–Trinajstić information content (AvgIpc) is 2.50. The fourth-order valence-electron chi connectivity index (χ4n) is 0.690. The minimum absolute atomic E-state index is 0.0372. The summed E-state index contributed by atoms with van der Waals surface area (Å²) in [5.41, 5.74) is 0. The molecule has 1 N–H and O–H groups in total. The van der Waals surface area contributed by atoms with Crippen LogP contribution in [-0.4, -0.2) is 16.1 Å². The number of hydrogen-bond donors (Lipinski definition) is 1. The Kier molecular flexibility index (Phi) is 2.42. The van der Waals surface area contributed by atoms with Crippen molar-refractivity contribution in [1.29, 1.82) is 0 Å². The van der Waals surface area contributed by atoms with E-state index in [1.54, 1.807) is 0 Å². The van der Waals surface area contributed by atoms with Crippen molar-refractivity contribution >= 4 is 5.97 Å². The van der Waals surface area contributed by atoms with Crippen LogP contribution in [0.5, 0.6) is 0 Å². The number of alkyl halides is 1. The molecule has 5 heteroatoms. The zero-order chi connectivity index (χ0) is 9.14. The molecule has 12 heavy (non-hydrogen) atoms. The molecule has 0 bridgehead atoms. The molecule has 1 heterocycles. The molecule has 1 atom stereocenters. The van der Waals surface area contributed by atoms with Crippen LogP contribution in [0.4, 0.5) is 4.39 Å². The van der Waals surface area contributed by atoms with Gasteiger partial charge in [0.1, 0.15) is 12.6 Å². The van der Waals surface area contributed by atoms with Crippen molar-refractivity contribution in [3.8, 4) is 0 Å². The summed E-state index contributed by atoms with van der Waals surface area (Å²) in [6, 6.07) is 0. The lowest BCUT2D eigenvalue weighted by Crippen LogP contribution is -2.07. The lowest BCUT2D eigenvalue weighted by Gasteiger charge is -1.98. The number of rotatable bonds is 3. The molecule has 0 radical (unpaired) electrons. The Morgan fingerprint density at radius 3 is 3.00 bits per heavy atom. The zero-order valence-corrected chi connectivity index (χ0v) is 6.45. The third-order valence-electron chi connectivity index (χ3n) is 1.44. The van der Waals surface area contributed by atoms with Crippen LogP contribution >= 0.6 is 0 Å². The van der Waals surface area contributed by atoms with Gasteiger partial charge in [-0.25, -0.2) is 9.37 Å². The van der Waals surface area contributed by atoms with Crippen LogP contribution in [0.1, 0.15) is 24.5 Å². The van der Waals surface area contributed by atoms with Crippen molar-refractivity contribution in [1.82, 2.24) is 4.98 Å². The normalized spacial score (nSPS) is 12.8. The number of aromatic nitrogens is 1. The lowest BCUT2D eigenvalue weighted by molar-refractivity contribution is -0.138. The second kappa shape index (κ2) is 3.34. The molecule has 66 valence electrons. The predicted molar refractivity (Wildman–Crippen MR) is 37.4 cm³/mol. The predicted octanol–water partition coefficient (Wildman–Crippen LogP) is 1.33. The van der Waals surface area contributed by atoms with E-state index in [1.165, 1.54) is 13.1 Å². The van der Waals surface area contributed by atoms with Crippen molar-refractivity contribution in [2.75, 3.05) is 0 Å². The van der Waals surface area contributed by atoms with Gasteiger partial charge < -0.3 is 9.52 Å². The first-order valence-electron chi connectivity index (χ1n) is 3.38. The molecule has 0 saturated heterocycles. The number of oxazole rings is 1. The number of carboxylic acid groups (broad SMARTS) is 1. The molecule has 0 amide bonds. The molecule has 4 nitrogen and oxygen atoms in total. The Balaban J connectivity index is 2.81. The molecule has 1 aromatic heterocycles. The molecule has 1 unspecified atom stereocenters. The third-order valence-corrected chi connectivity index (χ3v) is 1.44. The van der Waals surface area contributed by atoms with E-state index in [0.29, 0.717) is 0 Å². The summed E-state index contributed by atoms with van der Waals surface area (Å²) in [5, 5.41) is 8.52. The van der Waals surface area contributed by atoms with Gasteiger partial charge in [0.25, 0.3) is 0 Å². The second-order valence-electron chi connectivity index (χ2n) is 2.36. The Hall–Kier alpha value is -1.39. The van der Waals surface area contributed by atoms with Gasteiger partial charge in [-0.3, -0.25) is 4.79 Å². The molecule has 0 spiro atoms. The van der Waals surface area contributed by atoms with Gasteiger partial charge in [-0.1, -0.05) is 0 Å². The van der Waals surface area contributed by atoms with E-state index in [4.69, 9.17) is 9.52 Å². The Morgan fingerprint density at radius 1 is 1.92 bits per heavy atom. The molecule has 0 saturated carbocycles. The molecule has 0 fully saturated rings. The number of aliphatic carboxylic acids is 1. The van der Waals surface area contributed by atoms with Gasteiger partial charge in [-0.2, -0.15) is 0 Å². The smallest absolute Gasteiger partial charge is 0.315 e. The standard InChI is InChI=1S/C7H8FNO3/c1-4(7(10)11)6-9-3-5(2-8)12-6/h3-4H,2H2,1H3,(H,10,11). The Labute approximate surface area is 68.0 Å². The first kappa shape index (κ1) is 8.70. The van der Waals surface area contributed by atoms with Gasteiger partial charge in [-0.05, 0) is 6.92 Å². The zero-order valence-electron chi connectivity index (χ0n) is 6.45. The highest BCUT2D eigenvalue weighted by molar-refractivity contribution is 5.73. The highest BCUT2D eigenvalue weighted by atomic mass is 19.1. The molecular weight excluding hydrogens is 165 g/mol. The van der Waals surface area contributed by atoms with Crippen LogP contribution in [0, 0.1) is 0 Å². The highest BCUT2D eigenvalue weighted by Gasteiger charge is 2.19. The highest BCUT2D eigenvalue weighted by Crippen LogP contribution is 2.15. The van der Waals surface area contributed by atoms with E-state index >= 15 is 0 Å². The first-order valence-corrected chi connectivity index (χ1v) is 3.38. The van der Waals surface area contributed by atoms with Crippen molar-refractivity contribution in [3.63, 3.8) is 0 Å². The van der Waals surface area contributed by atoms with Crippen LogP contribution < -0.4 is 0 Å². The number of hydrogen-bond acceptors (Lipinski definition) is 3. The minimum Gasteiger partial charge on any atom is -0.481 e. The van der Waals surface area contributed by atoms with E-state index in [2.05, 4.69) is 4.98 Å². The SMILES string of the molecule is CC(C(=O)O)c1ncc(CF)o1. The fraction of sp³-hybridized carbons (Fsp3) is 0.429. The number of carbonyl (C=O) groups is 1. The molecule has 1 aromatic rings. The summed E-state index contributed by atoms with van der Waals surface area (Å²) in [5.74, 6) is -1.78. The quantitative estimate of drug-likeness (QED) is 0.748. The third kappa shape index (κ3) is 1.61. The molecule has 0 aliphatic heterocycles. The molecular formula is C7H8FNO3. The van der Waals surface area contributed by atoms with Gasteiger partial charge in [0.15, 0.2) is 5.76 Å². The van der Waals surface area contributed by atoms with Crippen molar-refractivity contribution in [3.05, 3.63) is 17.8 Å². The van der Waals surface area contributed by atoms with Crippen molar-refractivity contribution < 1.29 is 18.7 Å². The van der Waals surface area contributed by atoms with Crippen LogP contribution in [0.25, 0.3) is 0 Å². The molecule has 0 aliphatic carbocycles. The monoisotopic (exact) mass is 173 g/mol. The second-order valence-corrected chi connectivity index (χ2v) is 2.36. The number of carboxylic acids is 1. The molecule has 0 aromatic carbocycles. The van der Waals surface area contributed by atoms with Gasteiger partial charge in [-0.15, -0.1) is 0 Å². The Morgan fingerprint density at radius 2 is 2.58 bits per heavy atom. The van der Waals surface area contributed by atoms with Crippen molar-refractivity contribution in [2.24, 2.45) is 0 Å². The fourth-order valence-corrected chi connectivity index (χ4v) is 0.690. The van der Waals surface area contributed by atoms with E-state index in [1.807, 2.05) is 0 Å². The van der Waals surface area contributed by atoms with E-state index in [0.717, 1.165) is 0 Å². The first-order chi connectivity index (χ1) is 5.65. The summed E-state index contributed by atoms with van der Waals surface area (Å²) in [7, 11) is 0. The van der Waals surface area contributed by atoms with Gasteiger partial charge in [0, 0.05) is 0 Å². The maximum atomic E-state index is 11.9. The molecule has 0 aliphatic rings. The van der Waals surface area contributed by atoms with Crippen molar-refractivity contribution in [2.45, 2.75) is 19.5 Å². The van der Waals surface area contributed by atoms with Gasteiger partial charge in [0.05, 0.1) is 6.20 Å². The summed E-state index contributed by atoms with van der Waals surface area (Å²) >= 11 is 0. The maximum absolute atomic E-state index is 11.9. The van der Waals surface area contributed by atoms with E-state index in [-0.39, 0.29) is 11.7 Å².